The molecule has 0 aromatic heterocycles. The highest BCUT2D eigenvalue weighted by Crippen LogP contribution is 2.25. The van der Waals surface area contributed by atoms with Gasteiger partial charge in [0.05, 0.1) is 5.56 Å². The van der Waals surface area contributed by atoms with E-state index in [0.717, 1.165) is 17.5 Å². The molecular formula is C10H11BrO2. The highest BCUT2D eigenvalue weighted by Gasteiger charge is 2.07. The van der Waals surface area contributed by atoms with Crippen molar-refractivity contribution in [2.24, 2.45) is 0 Å². The SMILES string of the molecule is CCc1cc(C=O)c(O)c(CBr)c1. The number of rotatable bonds is 3. The maximum atomic E-state index is 10.6. The third-order valence-electron chi connectivity index (χ3n) is 1.96. The molecule has 0 bridgehead atoms. The summed E-state index contributed by atoms with van der Waals surface area (Å²) in [7, 11) is 0. The van der Waals surface area contributed by atoms with Crippen molar-refractivity contribution >= 4 is 22.2 Å². The molecule has 0 spiro atoms. The predicted molar refractivity (Wildman–Crippen MR) is 55.5 cm³/mol. The molecule has 0 radical (unpaired) electrons. The van der Waals surface area contributed by atoms with E-state index in [9.17, 15) is 9.90 Å². The highest BCUT2D eigenvalue weighted by atomic mass is 79.9. The molecule has 0 fully saturated rings. The molecule has 1 rings (SSSR count). The van der Waals surface area contributed by atoms with Crippen molar-refractivity contribution < 1.29 is 9.90 Å². The highest BCUT2D eigenvalue weighted by molar-refractivity contribution is 9.08. The number of phenolic OH excluding ortho intramolecular Hbond substituents is 1. The minimum absolute atomic E-state index is 0.0871. The molecule has 0 aliphatic rings. The smallest absolute Gasteiger partial charge is 0.153 e. The van der Waals surface area contributed by atoms with Crippen molar-refractivity contribution in [3.8, 4) is 5.75 Å². The second-order valence-corrected chi connectivity index (χ2v) is 3.36. The van der Waals surface area contributed by atoms with Gasteiger partial charge in [-0.25, -0.2) is 0 Å². The van der Waals surface area contributed by atoms with E-state index in [-0.39, 0.29) is 5.75 Å². The molecule has 1 N–H and O–H groups in total. The van der Waals surface area contributed by atoms with Gasteiger partial charge in [-0.05, 0) is 18.1 Å². The summed E-state index contributed by atoms with van der Waals surface area (Å²) in [5.74, 6) is 0.0871. The lowest BCUT2D eigenvalue weighted by Gasteiger charge is -2.06. The largest absolute Gasteiger partial charge is 0.507 e. The zero-order chi connectivity index (χ0) is 9.84. The standard InChI is InChI=1S/C10H11BrO2/c1-2-7-3-8(5-11)10(13)9(4-7)6-12/h3-4,6,13H,2,5H2,1H3. The summed E-state index contributed by atoms with van der Waals surface area (Å²) in [6.45, 7) is 2.01. The van der Waals surface area contributed by atoms with Crippen LogP contribution in [0.1, 0.15) is 28.4 Å². The lowest BCUT2D eigenvalue weighted by molar-refractivity contribution is 0.112. The molecular weight excluding hydrogens is 232 g/mol. The monoisotopic (exact) mass is 242 g/mol. The molecule has 2 nitrogen and oxygen atoms in total. The van der Waals surface area contributed by atoms with Crippen molar-refractivity contribution in [3.63, 3.8) is 0 Å². The summed E-state index contributed by atoms with van der Waals surface area (Å²) in [6, 6.07) is 3.62. The third kappa shape index (κ3) is 2.10. The number of aryl methyl sites for hydroxylation is 1. The van der Waals surface area contributed by atoms with Crippen LogP contribution in [0.5, 0.6) is 5.75 Å². The zero-order valence-electron chi connectivity index (χ0n) is 7.38. The normalized spacial score (nSPS) is 10.0. The second-order valence-electron chi connectivity index (χ2n) is 2.80. The number of halogens is 1. The van der Waals surface area contributed by atoms with E-state index in [1.807, 2.05) is 13.0 Å². The summed E-state index contributed by atoms with van der Waals surface area (Å²) >= 11 is 3.26. The summed E-state index contributed by atoms with van der Waals surface area (Å²) in [5, 5.41) is 10.1. The minimum atomic E-state index is 0.0871. The first kappa shape index (κ1) is 10.3. The quantitative estimate of drug-likeness (QED) is 0.654. The molecule has 0 saturated heterocycles. The van der Waals surface area contributed by atoms with Crippen LogP contribution in [0.2, 0.25) is 0 Å². The van der Waals surface area contributed by atoms with Crippen LogP contribution in [-0.4, -0.2) is 11.4 Å². The Kier molecular flexibility index (Phi) is 3.48. The van der Waals surface area contributed by atoms with Crippen LogP contribution in [0.3, 0.4) is 0 Å². The number of hydrogen-bond donors (Lipinski definition) is 1. The number of alkyl halides is 1. The molecule has 1 aromatic carbocycles. The first-order valence-electron chi connectivity index (χ1n) is 4.08. The lowest BCUT2D eigenvalue weighted by Crippen LogP contribution is -1.91. The van der Waals surface area contributed by atoms with Gasteiger partial charge < -0.3 is 5.11 Å². The van der Waals surface area contributed by atoms with Gasteiger partial charge in [-0.2, -0.15) is 0 Å². The van der Waals surface area contributed by atoms with E-state index >= 15 is 0 Å². The molecule has 70 valence electrons. The number of phenols is 1. The van der Waals surface area contributed by atoms with Gasteiger partial charge in [-0.3, -0.25) is 4.79 Å². The predicted octanol–water partition coefficient (Wildman–Crippen LogP) is 2.66. The van der Waals surface area contributed by atoms with Gasteiger partial charge in [0.15, 0.2) is 6.29 Å². The lowest BCUT2D eigenvalue weighted by atomic mass is 10.0. The Morgan fingerprint density at radius 3 is 2.69 bits per heavy atom. The minimum Gasteiger partial charge on any atom is -0.507 e. The average Bonchev–Trinajstić information content (AvgIpc) is 2.18. The van der Waals surface area contributed by atoms with E-state index in [1.54, 1.807) is 6.07 Å². The van der Waals surface area contributed by atoms with Gasteiger partial charge in [0.1, 0.15) is 5.75 Å². The van der Waals surface area contributed by atoms with Crippen LogP contribution in [0, 0.1) is 0 Å². The maximum Gasteiger partial charge on any atom is 0.153 e. The van der Waals surface area contributed by atoms with Gasteiger partial charge in [-0.1, -0.05) is 28.9 Å². The maximum absolute atomic E-state index is 10.6. The van der Waals surface area contributed by atoms with Crippen LogP contribution in [0.4, 0.5) is 0 Å². The first-order chi connectivity index (χ1) is 6.22. The summed E-state index contributed by atoms with van der Waals surface area (Å²) in [5.41, 5.74) is 2.20. The van der Waals surface area contributed by atoms with E-state index in [0.29, 0.717) is 17.2 Å². The topological polar surface area (TPSA) is 37.3 Å². The Morgan fingerprint density at radius 2 is 2.23 bits per heavy atom. The van der Waals surface area contributed by atoms with E-state index < -0.39 is 0 Å². The summed E-state index contributed by atoms with van der Waals surface area (Å²) in [6.07, 6.45) is 1.54. The number of aromatic hydroxyl groups is 1. The molecule has 3 heteroatoms. The van der Waals surface area contributed by atoms with Crippen molar-refractivity contribution in [2.45, 2.75) is 18.7 Å². The van der Waals surface area contributed by atoms with Crippen LogP contribution >= 0.6 is 15.9 Å². The molecule has 0 heterocycles. The van der Waals surface area contributed by atoms with E-state index in [4.69, 9.17) is 0 Å². The summed E-state index contributed by atoms with van der Waals surface area (Å²) in [4.78, 5) is 10.6. The molecule has 0 amide bonds. The average molecular weight is 243 g/mol. The number of hydrogen-bond acceptors (Lipinski definition) is 2. The molecule has 1 aromatic rings. The Labute approximate surface area is 85.7 Å². The van der Waals surface area contributed by atoms with Crippen molar-refractivity contribution in [3.05, 3.63) is 28.8 Å². The molecule has 0 unspecified atom stereocenters. The molecule has 0 aliphatic carbocycles. The number of carbonyl (C=O) groups excluding carboxylic acids is 1. The molecule has 0 saturated carbocycles. The Morgan fingerprint density at radius 1 is 1.54 bits per heavy atom. The van der Waals surface area contributed by atoms with Gasteiger partial charge in [0.2, 0.25) is 0 Å². The van der Waals surface area contributed by atoms with Crippen molar-refractivity contribution in [1.82, 2.24) is 0 Å². The van der Waals surface area contributed by atoms with Crippen molar-refractivity contribution in [1.29, 1.82) is 0 Å². The van der Waals surface area contributed by atoms with Gasteiger partial charge >= 0.3 is 0 Å². The van der Waals surface area contributed by atoms with E-state index in [1.165, 1.54) is 0 Å². The molecule has 0 aliphatic heterocycles. The Balaban J connectivity index is 3.28. The fourth-order valence-corrected chi connectivity index (χ4v) is 1.61. The van der Waals surface area contributed by atoms with Crippen LogP contribution in [-0.2, 0) is 11.8 Å². The third-order valence-corrected chi connectivity index (χ3v) is 2.56. The number of carbonyl (C=O) groups is 1. The van der Waals surface area contributed by atoms with Gasteiger partial charge in [0, 0.05) is 10.9 Å². The van der Waals surface area contributed by atoms with Crippen LogP contribution in [0.15, 0.2) is 12.1 Å². The fourth-order valence-electron chi connectivity index (χ4n) is 1.18. The number of aldehydes is 1. The van der Waals surface area contributed by atoms with Crippen LogP contribution < -0.4 is 0 Å². The Bertz CT molecular complexity index is 321. The first-order valence-corrected chi connectivity index (χ1v) is 5.21. The summed E-state index contributed by atoms with van der Waals surface area (Å²) < 4.78 is 0. The second kappa shape index (κ2) is 4.42. The van der Waals surface area contributed by atoms with E-state index in [2.05, 4.69) is 15.9 Å². The Hall–Kier alpha value is -0.830. The molecule has 13 heavy (non-hydrogen) atoms. The van der Waals surface area contributed by atoms with Crippen LogP contribution in [0.25, 0.3) is 0 Å². The van der Waals surface area contributed by atoms with Crippen molar-refractivity contribution in [2.75, 3.05) is 0 Å². The number of benzene rings is 1. The zero-order valence-corrected chi connectivity index (χ0v) is 8.97. The van der Waals surface area contributed by atoms with Gasteiger partial charge in [0.25, 0.3) is 0 Å². The fraction of sp³-hybridized carbons (Fsp3) is 0.300. The molecule has 0 atom stereocenters. The van der Waals surface area contributed by atoms with Gasteiger partial charge in [-0.15, -0.1) is 0 Å².